The van der Waals surface area contributed by atoms with Crippen molar-refractivity contribution in [2.45, 2.75) is 6.54 Å². The Kier molecular flexibility index (Phi) is 6.26. The monoisotopic (exact) mass is 430 g/mol. The van der Waals surface area contributed by atoms with E-state index in [0.29, 0.717) is 28.4 Å². The van der Waals surface area contributed by atoms with Crippen LogP contribution < -0.4 is 14.2 Å². The molecule has 1 aliphatic heterocycles. The maximum atomic E-state index is 12.8. The third-order valence-electron chi connectivity index (χ3n) is 4.35. The lowest BCUT2D eigenvalue weighted by molar-refractivity contribution is -0.384. The second-order valence-corrected chi connectivity index (χ2v) is 7.14. The molecule has 2 amide bonds. The number of methoxy groups -OCH3 is 3. The average molecular weight is 430 g/mol. The molecule has 156 valence electrons. The lowest BCUT2D eigenvalue weighted by atomic mass is 10.1. The van der Waals surface area contributed by atoms with Gasteiger partial charge in [-0.25, -0.2) is 0 Å². The fraction of sp³-hybridized carbons (Fsp3) is 0.200. The van der Waals surface area contributed by atoms with Gasteiger partial charge in [-0.2, -0.15) is 0 Å². The third-order valence-corrected chi connectivity index (χ3v) is 5.25. The van der Waals surface area contributed by atoms with Crippen molar-refractivity contribution < 1.29 is 28.7 Å². The summed E-state index contributed by atoms with van der Waals surface area (Å²) < 4.78 is 15.9. The van der Waals surface area contributed by atoms with Crippen molar-refractivity contribution in [3.05, 3.63) is 62.5 Å². The molecule has 3 rings (SSSR count). The Morgan fingerprint density at radius 2 is 1.63 bits per heavy atom. The van der Waals surface area contributed by atoms with Crippen molar-refractivity contribution in [3.8, 4) is 17.2 Å². The van der Waals surface area contributed by atoms with Gasteiger partial charge in [0.05, 0.1) is 37.7 Å². The Bertz CT molecular complexity index is 1010. The molecule has 0 spiro atoms. The number of thioether (sulfide) groups is 1. The van der Waals surface area contributed by atoms with Crippen LogP contribution in [0.4, 0.5) is 10.5 Å². The van der Waals surface area contributed by atoms with Gasteiger partial charge in [-0.05, 0) is 41.1 Å². The molecule has 10 heteroatoms. The first kappa shape index (κ1) is 21.2. The molecule has 9 nitrogen and oxygen atoms in total. The first-order valence-corrected chi connectivity index (χ1v) is 9.48. The van der Waals surface area contributed by atoms with Crippen LogP contribution in [0.15, 0.2) is 41.3 Å². The molecule has 0 atom stereocenters. The van der Waals surface area contributed by atoms with Crippen LogP contribution in [0.2, 0.25) is 0 Å². The molecule has 0 radical (unpaired) electrons. The van der Waals surface area contributed by atoms with Crippen molar-refractivity contribution in [1.82, 2.24) is 4.90 Å². The summed E-state index contributed by atoms with van der Waals surface area (Å²) in [7, 11) is 4.46. The highest BCUT2D eigenvalue weighted by Gasteiger charge is 2.35. The molecule has 1 fully saturated rings. The fourth-order valence-electron chi connectivity index (χ4n) is 2.88. The lowest BCUT2D eigenvalue weighted by Gasteiger charge is -2.13. The summed E-state index contributed by atoms with van der Waals surface area (Å²) in [6.07, 6.45) is 1.57. The first-order valence-electron chi connectivity index (χ1n) is 8.66. The summed E-state index contributed by atoms with van der Waals surface area (Å²) in [5, 5.41) is 10.3. The molecular weight excluding hydrogens is 412 g/mol. The van der Waals surface area contributed by atoms with Gasteiger partial charge in [0.1, 0.15) is 0 Å². The number of imide groups is 1. The van der Waals surface area contributed by atoms with E-state index in [4.69, 9.17) is 14.2 Å². The summed E-state index contributed by atoms with van der Waals surface area (Å²) in [5.74, 6) is 0.821. The number of carbonyl (C=O) groups is 2. The maximum absolute atomic E-state index is 12.8. The lowest BCUT2D eigenvalue weighted by Crippen LogP contribution is -2.27. The Morgan fingerprint density at radius 1 is 1.03 bits per heavy atom. The van der Waals surface area contributed by atoms with Gasteiger partial charge in [-0.1, -0.05) is 12.1 Å². The van der Waals surface area contributed by atoms with Crippen LogP contribution in [0.1, 0.15) is 11.1 Å². The van der Waals surface area contributed by atoms with Gasteiger partial charge in [0, 0.05) is 12.1 Å². The third kappa shape index (κ3) is 4.23. The number of rotatable bonds is 7. The predicted octanol–water partition coefficient (Wildman–Crippen LogP) is 3.86. The number of nitrogens with zero attached hydrogens (tertiary/aromatic N) is 2. The Labute approximate surface area is 176 Å². The van der Waals surface area contributed by atoms with Crippen molar-refractivity contribution in [2.75, 3.05) is 21.3 Å². The minimum absolute atomic E-state index is 0.0231. The number of nitro benzene ring substituents is 1. The van der Waals surface area contributed by atoms with Crippen molar-refractivity contribution in [2.24, 2.45) is 0 Å². The highest BCUT2D eigenvalue weighted by atomic mass is 32.2. The molecule has 2 aromatic rings. The largest absolute Gasteiger partial charge is 0.493 e. The normalized spacial score (nSPS) is 14.9. The van der Waals surface area contributed by atoms with E-state index in [1.54, 1.807) is 18.2 Å². The Hall–Kier alpha value is -3.53. The zero-order valence-corrected chi connectivity index (χ0v) is 17.2. The average Bonchev–Trinajstić information content (AvgIpc) is 3.00. The Balaban J connectivity index is 1.85. The summed E-state index contributed by atoms with van der Waals surface area (Å²) in [6, 6.07) is 9.05. The van der Waals surface area contributed by atoms with E-state index in [0.717, 1.165) is 16.7 Å². The van der Waals surface area contributed by atoms with Crippen LogP contribution in [-0.2, 0) is 11.3 Å². The number of non-ortho nitro benzene ring substituents is 1. The maximum Gasteiger partial charge on any atom is 0.293 e. The van der Waals surface area contributed by atoms with Gasteiger partial charge in [-0.3, -0.25) is 24.6 Å². The second kappa shape index (κ2) is 8.87. The van der Waals surface area contributed by atoms with Crippen LogP contribution in [0.3, 0.4) is 0 Å². The van der Waals surface area contributed by atoms with Gasteiger partial charge in [-0.15, -0.1) is 0 Å². The van der Waals surface area contributed by atoms with Crippen LogP contribution >= 0.6 is 11.8 Å². The zero-order valence-electron chi connectivity index (χ0n) is 16.4. The number of carbonyl (C=O) groups excluding carboxylic acids is 2. The molecule has 0 bridgehead atoms. The molecule has 2 aromatic carbocycles. The standard InChI is InChI=1S/C20H18N2O7S/c1-27-15-8-13(9-16(28-2)18(15)29-3)10-17-19(23)21(20(24)30-17)11-12-4-6-14(7-5-12)22(25)26/h4-10H,11H2,1-3H3. The van der Waals surface area contributed by atoms with Gasteiger partial charge in [0.2, 0.25) is 5.75 Å². The van der Waals surface area contributed by atoms with Crippen LogP contribution in [0.25, 0.3) is 6.08 Å². The Morgan fingerprint density at radius 3 is 2.13 bits per heavy atom. The molecular formula is C20H18N2O7S. The van der Waals surface area contributed by atoms with E-state index >= 15 is 0 Å². The summed E-state index contributed by atoms with van der Waals surface area (Å²) in [6.45, 7) is 0.0231. The quantitative estimate of drug-likeness (QED) is 0.370. The smallest absolute Gasteiger partial charge is 0.293 e. The van der Waals surface area contributed by atoms with E-state index in [9.17, 15) is 19.7 Å². The SMILES string of the molecule is COc1cc(C=C2SC(=O)N(Cc3ccc([N+](=O)[O-])cc3)C2=O)cc(OC)c1OC. The summed E-state index contributed by atoms with van der Waals surface area (Å²) in [5.41, 5.74) is 1.15. The van der Waals surface area contributed by atoms with Gasteiger partial charge in [0.15, 0.2) is 11.5 Å². The van der Waals surface area contributed by atoms with Gasteiger partial charge < -0.3 is 14.2 Å². The molecule has 1 heterocycles. The number of ether oxygens (including phenoxy) is 3. The molecule has 30 heavy (non-hydrogen) atoms. The van der Waals surface area contributed by atoms with Crippen LogP contribution in [0.5, 0.6) is 17.2 Å². The molecule has 0 saturated carbocycles. The number of hydrogen-bond donors (Lipinski definition) is 0. The molecule has 1 saturated heterocycles. The van der Waals surface area contributed by atoms with Crippen molar-refractivity contribution in [3.63, 3.8) is 0 Å². The van der Waals surface area contributed by atoms with E-state index in [2.05, 4.69) is 0 Å². The molecule has 0 aromatic heterocycles. The van der Waals surface area contributed by atoms with Gasteiger partial charge in [0.25, 0.3) is 16.8 Å². The highest BCUT2D eigenvalue weighted by molar-refractivity contribution is 8.18. The van der Waals surface area contributed by atoms with Crippen LogP contribution in [-0.4, -0.2) is 42.3 Å². The van der Waals surface area contributed by atoms with E-state index in [1.807, 2.05) is 0 Å². The molecule has 0 aliphatic carbocycles. The zero-order chi connectivity index (χ0) is 21.8. The molecule has 0 N–H and O–H groups in total. The van der Waals surface area contributed by atoms with E-state index in [1.165, 1.54) is 45.6 Å². The van der Waals surface area contributed by atoms with Crippen LogP contribution in [0, 0.1) is 10.1 Å². The molecule has 1 aliphatic rings. The molecule has 0 unspecified atom stereocenters. The first-order chi connectivity index (χ1) is 14.4. The summed E-state index contributed by atoms with van der Waals surface area (Å²) >= 11 is 0.818. The topological polar surface area (TPSA) is 108 Å². The minimum atomic E-state index is -0.510. The number of benzene rings is 2. The number of hydrogen-bond acceptors (Lipinski definition) is 8. The number of amides is 2. The minimum Gasteiger partial charge on any atom is -0.493 e. The van der Waals surface area contributed by atoms with E-state index in [-0.39, 0.29) is 17.1 Å². The number of nitro groups is 1. The van der Waals surface area contributed by atoms with Crippen molar-refractivity contribution in [1.29, 1.82) is 0 Å². The second-order valence-electron chi connectivity index (χ2n) is 6.15. The van der Waals surface area contributed by atoms with Gasteiger partial charge >= 0.3 is 0 Å². The van der Waals surface area contributed by atoms with Crippen molar-refractivity contribution >= 4 is 34.7 Å². The highest BCUT2D eigenvalue weighted by Crippen LogP contribution is 2.40. The fourth-order valence-corrected chi connectivity index (χ4v) is 3.72. The predicted molar refractivity (Wildman–Crippen MR) is 111 cm³/mol. The van der Waals surface area contributed by atoms with E-state index < -0.39 is 16.1 Å². The summed E-state index contributed by atoms with van der Waals surface area (Å²) in [4.78, 5) is 36.7.